The quantitative estimate of drug-likeness (QED) is 0.800. The number of hydrogen-bond acceptors (Lipinski definition) is 5. The first-order valence-corrected chi connectivity index (χ1v) is 8.05. The van der Waals surface area contributed by atoms with Gasteiger partial charge in [0.2, 0.25) is 0 Å². The molecule has 0 unspecified atom stereocenters. The lowest BCUT2D eigenvalue weighted by Gasteiger charge is -2.33. The smallest absolute Gasteiger partial charge is 0.323 e. The number of aromatic nitrogens is 1. The van der Waals surface area contributed by atoms with Gasteiger partial charge in [-0.25, -0.2) is 0 Å². The Kier molecular flexibility index (Phi) is 4.62. The maximum atomic E-state index is 12.2. The van der Waals surface area contributed by atoms with Crippen molar-refractivity contribution in [1.82, 2.24) is 9.88 Å². The second-order valence-corrected chi connectivity index (χ2v) is 6.25. The molecule has 1 aromatic rings. The Labute approximate surface area is 131 Å². The average Bonchev–Trinajstić information content (AvgIpc) is 2.93. The van der Waals surface area contributed by atoms with Gasteiger partial charge in [0.15, 0.2) is 0 Å². The molecular formula is C17H24N2O3. The van der Waals surface area contributed by atoms with E-state index in [1.54, 1.807) is 13.3 Å². The van der Waals surface area contributed by atoms with E-state index in [2.05, 4.69) is 9.88 Å². The number of carbonyl (C=O) groups is 1. The molecule has 0 amide bonds. The highest BCUT2D eigenvalue weighted by Gasteiger charge is 2.45. The number of likely N-dealkylation sites (tertiary alicyclic amines) is 1. The van der Waals surface area contributed by atoms with Crippen LogP contribution in [0.4, 0.5) is 0 Å². The molecule has 1 saturated heterocycles. The van der Waals surface area contributed by atoms with Gasteiger partial charge in [-0.3, -0.25) is 14.7 Å². The van der Waals surface area contributed by atoms with Gasteiger partial charge in [0, 0.05) is 24.8 Å². The molecule has 2 heterocycles. The van der Waals surface area contributed by atoms with Gasteiger partial charge < -0.3 is 9.47 Å². The molecule has 0 N–H and O–H groups in total. The lowest BCUT2D eigenvalue weighted by atomic mass is 9.85. The van der Waals surface area contributed by atoms with Crippen LogP contribution in [0.2, 0.25) is 0 Å². The molecule has 1 aromatic heterocycles. The Morgan fingerprint density at radius 2 is 2.18 bits per heavy atom. The highest BCUT2D eigenvalue weighted by molar-refractivity contribution is 5.76. The number of carbonyl (C=O) groups excluding carboxylic acids is 1. The van der Waals surface area contributed by atoms with Crippen molar-refractivity contribution in [1.29, 1.82) is 0 Å². The Hall–Kier alpha value is -1.62. The minimum absolute atomic E-state index is 0.114. The van der Waals surface area contributed by atoms with E-state index in [0.29, 0.717) is 18.5 Å². The third-order valence-corrected chi connectivity index (χ3v) is 5.06. The summed E-state index contributed by atoms with van der Waals surface area (Å²) < 4.78 is 10.3. The van der Waals surface area contributed by atoms with Crippen LogP contribution in [0.5, 0.6) is 5.75 Å². The summed E-state index contributed by atoms with van der Waals surface area (Å²) in [6.07, 6.45) is 7.59. The third-order valence-electron chi connectivity index (χ3n) is 5.06. The summed E-state index contributed by atoms with van der Waals surface area (Å²) in [6, 6.07) is 4.14. The molecule has 3 rings (SSSR count). The topological polar surface area (TPSA) is 51.7 Å². The number of hydrogen-bond donors (Lipinski definition) is 0. The molecule has 5 heteroatoms. The van der Waals surface area contributed by atoms with E-state index in [9.17, 15) is 4.79 Å². The van der Waals surface area contributed by atoms with E-state index in [-0.39, 0.29) is 12.0 Å². The van der Waals surface area contributed by atoms with Gasteiger partial charge in [0.25, 0.3) is 0 Å². The van der Waals surface area contributed by atoms with E-state index in [4.69, 9.17) is 9.47 Å². The van der Waals surface area contributed by atoms with Crippen LogP contribution < -0.4 is 4.74 Å². The van der Waals surface area contributed by atoms with Crippen molar-refractivity contribution in [3.05, 3.63) is 24.0 Å². The third kappa shape index (κ3) is 2.95. The summed E-state index contributed by atoms with van der Waals surface area (Å²) in [5, 5.41) is 0. The zero-order chi connectivity index (χ0) is 15.5. The van der Waals surface area contributed by atoms with Crippen molar-refractivity contribution >= 4 is 5.97 Å². The summed E-state index contributed by atoms with van der Waals surface area (Å²) in [5.41, 5.74) is 0.944. The first-order chi connectivity index (χ1) is 10.7. The molecule has 2 aliphatic rings. The van der Waals surface area contributed by atoms with Crippen molar-refractivity contribution in [3.8, 4) is 5.75 Å². The molecule has 1 saturated carbocycles. The molecule has 5 nitrogen and oxygen atoms in total. The molecule has 0 bridgehead atoms. The minimum atomic E-state index is -0.133. The van der Waals surface area contributed by atoms with Crippen LogP contribution in [0.15, 0.2) is 18.3 Å². The fourth-order valence-electron chi connectivity index (χ4n) is 4.00. The molecule has 22 heavy (non-hydrogen) atoms. The fourth-order valence-corrected chi connectivity index (χ4v) is 4.00. The van der Waals surface area contributed by atoms with Crippen LogP contribution in [0.25, 0.3) is 0 Å². The second-order valence-electron chi connectivity index (χ2n) is 6.25. The normalized spacial score (nSPS) is 28.2. The van der Waals surface area contributed by atoms with Crippen molar-refractivity contribution in [3.63, 3.8) is 0 Å². The molecule has 120 valence electrons. The number of ether oxygens (including phenoxy) is 2. The molecule has 3 atom stereocenters. The van der Waals surface area contributed by atoms with Gasteiger partial charge in [-0.05, 0) is 31.2 Å². The molecular weight excluding hydrogens is 280 g/mol. The summed E-state index contributed by atoms with van der Waals surface area (Å²) in [5.74, 6) is 1.31. The van der Waals surface area contributed by atoms with E-state index >= 15 is 0 Å². The van der Waals surface area contributed by atoms with Crippen LogP contribution >= 0.6 is 0 Å². The summed E-state index contributed by atoms with van der Waals surface area (Å²) in [7, 11) is 3.13. The van der Waals surface area contributed by atoms with Gasteiger partial charge in [-0.1, -0.05) is 12.8 Å². The van der Waals surface area contributed by atoms with Gasteiger partial charge in [-0.15, -0.1) is 0 Å². The monoisotopic (exact) mass is 304 g/mol. The predicted octanol–water partition coefficient (Wildman–Crippen LogP) is 2.40. The molecule has 2 fully saturated rings. The Balaban J connectivity index is 1.81. The SMILES string of the molecule is COC(=O)[C@@H]1C[C@H]2CCCC[C@H]2N1Cc1cc(OC)ccn1. The number of rotatable bonds is 4. The lowest BCUT2D eigenvalue weighted by molar-refractivity contribution is -0.146. The highest BCUT2D eigenvalue weighted by Crippen LogP contribution is 2.40. The van der Waals surface area contributed by atoms with Crippen molar-refractivity contribution in [2.45, 2.75) is 50.7 Å². The number of methoxy groups -OCH3 is 2. The lowest BCUT2D eigenvalue weighted by Crippen LogP contribution is -2.42. The molecule has 1 aliphatic carbocycles. The fraction of sp³-hybridized carbons (Fsp3) is 0.647. The zero-order valence-corrected chi connectivity index (χ0v) is 13.3. The Morgan fingerprint density at radius 1 is 1.36 bits per heavy atom. The zero-order valence-electron chi connectivity index (χ0n) is 13.3. The van der Waals surface area contributed by atoms with Crippen molar-refractivity contribution in [2.75, 3.05) is 14.2 Å². The second kappa shape index (κ2) is 6.65. The van der Waals surface area contributed by atoms with Gasteiger partial charge in [-0.2, -0.15) is 0 Å². The number of nitrogens with zero attached hydrogens (tertiary/aromatic N) is 2. The molecule has 0 radical (unpaired) electrons. The van der Waals surface area contributed by atoms with Crippen LogP contribution in [-0.4, -0.2) is 42.2 Å². The first-order valence-electron chi connectivity index (χ1n) is 8.05. The summed E-state index contributed by atoms with van der Waals surface area (Å²) in [4.78, 5) is 18.9. The molecule has 1 aliphatic heterocycles. The van der Waals surface area contributed by atoms with Crippen LogP contribution in [0, 0.1) is 5.92 Å². The standard InChI is InChI=1S/C17H24N2O3/c1-21-14-7-8-18-13(10-14)11-19-15-6-4-3-5-12(15)9-16(19)17(20)22-2/h7-8,10,12,15-16H,3-6,9,11H2,1-2H3/t12-,15-,16+/m1/s1. The summed E-state index contributed by atoms with van der Waals surface area (Å²) in [6.45, 7) is 0.679. The van der Waals surface area contributed by atoms with Gasteiger partial charge in [0.05, 0.1) is 19.9 Å². The predicted molar refractivity (Wildman–Crippen MR) is 82.5 cm³/mol. The van der Waals surface area contributed by atoms with Gasteiger partial charge in [0.1, 0.15) is 11.8 Å². The maximum absolute atomic E-state index is 12.2. The van der Waals surface area contributed by atoms with Crippen LogP contribution in [-0.2, 0) is 16.1 Å². The van der Waals surface area contributed by atoms with Crippen molar-refractivity contribution in [2.24, 2.45) is 5.92 Å². The van der Waals surface area contributed by atoms with E-state index < -0.39 is 0 Å². The van der Waals surface area contributed by atoms with Crippen molar-refractivity contribution < 1.29 is 14.3 Å². The molecule has 0 spiro atoms. The summed E-state index contributed by atoms with van der Waals surface area (Å²) >= 11 is 0. The number of fused-ring (bicyclic) bond motifs is 1. The Morgan fingerprint density at radius 3 is 2.95 bits per heavy atom. The van der Waals surface area contributed by atoms with Gasteiger partial charge >= 0.3 is 5.97 Å². The average molecular weight is 304 g/mol. The number of pyridine rings is 1. The number of esters is 1. The largest absolute Gasteiger partial charge is 0.497 e. The van der Waals surface area contributed by atoms with Crippen LogP contribution in [0.1, 0.15) is 37.8 Å². The maximum Gasteiger partial charge on any atom is 0.323 e. The van der Waals surface area contributed by atoms with E-state index in [1.807, 2.05) is 12.1 Å². The first kappa shape index (κ1) is 15.3. The minimum Gasteiger partial charge on any atom is -0.497 e. The van der Waals surface area contributed by atoms with E-state index in [1.165, 1.54) is 32.8 Å². The highest BCUT2D eigenvalue weighted by atomic mass is 16.5. The molecule has 0 aromatic carbocycles. The van der Waals surface area contributed by atoms with Crippen LogP contribution in [0.3, 0.4) is 0 Å². The van der Waals surface area contributed by atoms with E-state index in [0.717, 1.165) is 17.9 Å². The Bertz CT molecular complexity index is 534.